The van der Waals surface area contributed by atoms with E-state index < -0.39 is 21.8 Å². The molecular formula is C16H13ClFNO3S. The van der Waals surface area contributed by atoms with E-state index in [0.29, 0.717) is 11.3 Å². The number of Topliss-reactive ketones (excluding diaryl/α,β-unsaturated/α-hetero) is 1. The van der Waals surface area contributed by atoms with Crippen LogP contribution in [-0.2, 0) is 14.8 Å². The molecule has 0 bridgehead atoms. The minimum atomic E-state index is -3.97. The van der Waals surface area contributed by atoms with Gasteiger partial charge in [-0.2, -0.15) is 0 Å². The Morgan fingerprint density at radius 3 is 2.65 bits per heavy atom. The maximum atomic E-state index is 13.6. The van der Waals surface area contributed by atoms with Gasteiger partial charge in [0, 0.05) is 12.3 Å². The summed E-state index contributed by atoms with van der Waals surface area (Å²) in [5.41, 5.74) is 1.12. The van der Waals surface area contributed by atoms with Crippen molar-refractivity contribution in [3.63, 3.8) is 0 Å². The van der Waals surface area contributed by atoms with Crippen molar-refractivity contribution in [1.29, 1.82) is 0 Å². The number of sulfonamides is 1. The van der Waals surface area contributed by atoms with Gasteiger partial charge < -0.3 is 0 Å². The molecule has 1 aliphatic rings. The Bertz CT molecular complexity index is 883. The van der Waals surface area contributed by atoms with E-state index in [4.69, 9.17) is 11.6 Å². The Morgan fingerprint density at radius 1 is 1.17 bits per heavy atom. The van der Waals surface area contributed by atoms with Gasteiger partial charge in [0.05, 0.1) is 16.5 Å². The van der Waals surface area contributed by atoms with Gasteiger partial charge in [-0.05, 0) is 29.3 Å². The maximum Gasteiger partial charge on any atom is 0.262 e. The monoisotopic (exact) mass is 353 g/mol. The molecule has 0 saturated heterocycles. The van der Waals surface area contributed by atoms with E-state index in [9.17, 15) is 17.6 Å². The molecule has 120 valence electrons. The smallest absolute Gasteiger partial charge is 0.262 e. The van der Waals surface area contributed by atoms with E-state index in [1.165, 1.54) is 6.07 Å². The number of hydrogen-bond acceptors (Lipinski definition) is 3. The summed E-state index contributed by atoms with van der Waals surface area (Å²) < 4.78 is 41.0. The van der Waals surface area contributed by atoms with E-state index in [0.717, 1.165) is 12.1 Å². The van der Waals surface area contributed by atoms with Gasteiger partial charge in [0.1, 0.15) is 11.6 Å². The van der Waals surface area contributed by atoms with Gasteiger partial charge in [-0.15, -0.1) is 11.6 Å². The molecule has 0 aliphatic carbocycles. The molecule has 1 aliphatic heterocycles. The third-order valence-electron chi connectivity index (χ3n) is 3.76. The van der Waals surface area contributed by atoms with Crippen LogP contribution < -0.4 is 4.72 Å². The fourth-order valence-electron chi connectivity index (χ4n) is 2.77. The van der Waals surface area contributed by atoms with Gasteiger partial charge in [-0.25, -0.2) is 12.8 Å². The average Bonchev–Trinajstić information content (AvgIpc) is 2.59. The summed E-state index contributed by atoms with van der Waals surface area (Å²) in [5.74, 6) is -1.55. The number of nitrogens with one attached hydrogen (secondary N) is 1. The molecule has 2 aromatic carbocycles. The number of halogens is 2. The zero-order valence-electron chi connectivity index (χ0n) is 11.9. The number of carbonyl (C=O) groups excluding carboxylic acids is 1. The molecule has 1 N–H and O–H groups in total. The molecule has 7 heteroatoms. The van der Waals surface area contributed by atoms with Gasteiger partial charge in [-0.1, -0.05) is 24.3 Å². The summed E-state index contributed by atoms with van der Waals surface area (Å²) in [6, 6.07) is 10.1. The highest BCUT2D eigenvalue weighted by Gasteiger charge is 2.34. The first kappa shape index (κ1) is 16.0. The highest BCUT2D eigenvalue weighted by Crippen LogP contribution is 2.39. The fourth-order valence-corrected chi connectivity index (χ4v) is 4.31. The highest BCUT2D eigenvalue weighted by atomic mass is 35.5. The molecule has 1 atom stereocenters. The number of anilines is 1. The topological polar surface area (TPSA) is 63.2 Å². The Balaban J connectivity index is 2.33. The third-order valence-corrected chi connectivity index (χ3v) is 5.37. The lowest BCUT2D eigenvalue weighted by atomic mass is 9.85. The van der Waals surface area contributed by atoms with Gasteiger partial charge in [0.15, 0.2) is 0 Å². The SMILES string of the molecule is O=C(CCCl)C1c2ccccc2NS(=O)(=O)c2cc(F)ccc21. The van der Waals surface area contributed by atoms with E-state index >= 15 is 0 Å². The zero-order valence-corrected chi connectivity index (χ0v) is 13.5. The first-order valence-electron chi connectivity index (χ1n) is 6.94. The Kier molecular flexibility index (Phi) is 4.12. The van der Waals surface area contributed by atoms with Crippen molar-refractivity contribution in [2.24, 2.45) is 0 Å². The molecule has 1 heterocycles. The lowest BCUT2D eigenvalue weighted by Gasteiger charge is -2.17. The Morgan fingerprint density at radius 2 is 1.91 bits per heavy atom. The van der Waals surface area contributed by atoms with Gasteiger partial charge >= 0.3 is 0 Å². The molecule has 0 amide bonds. The first-order chi connectivity index (χ1) is 10.9. The standard InChI is InChI=1S/C16H13ClFNO3S/c17-8-7-14(20)16-11-3-1-2-4-13(11)19-23(21,22)15-9-10(18)5-6-12(15)16/h1-6,9,16,19H,7-8H2. The van der Waals surface area contributed by atoms with Crippen LogP contribution in [0.25, 0.3) is 0 Å². The van der Waals surface area contributed by atoms with E-state index in [2.05, 4.69) is 4.72 Å². The average molecular weight is 354 g/mol. The van der Waals surface area contributed by atoms with Crippen molar-refractivity contribution in [2.75, 3.05) is 10.6 Å². The molecule has 0 spiro atoms. The van der Waals surface area contributed by atoms with E-state index in [1.807, 2.05) is 0 Å². The Labute approximate surface area is 138 Å². The number of para-hydroxylation sites is 1. The van der Waals surface area contributed by atoms with Crippen molar-refractivity contribution in [1.82, 2.24) is 0 Å². The molecule has 0 fully saturated rings. The number of rotatable bonds is 3. The molecular weight excluding hydrogens is 341 g/mol. The molecule has 3 rings (SSSR count). The number of ketones is 1. The number of hydrogen-bond donors (Lipinski definition) is 1. The predicted molar refractivity (Wildman–Crippen MR) is 85.8 cm³/mol. The normalized spacial score (nSPS) is 18.3. The largest absolute Gasteiger partial charge is 0.299 e. The second-order valence-electron chi connectivity index (χ2n) is 5.21. The quantitative estimate of drug-likeness (QED) is 0.861. The molecule has 23 heavy (non-hydrogen) atoms. The summed E-state index contributed by atoms with van der Waals surface area (Å²) in [6.07, 6.45) is 0.0947. The van der Waals surface area contributed by atoms with Crippen LogP contribution in [0.5, 0.6) is 0 Å². The molecule has 4 nitrogen and oxygen atoms in total. The fraction of sp³-hybridized carbons (Fsp3) is 0.188. The van der Waals surface area contributed by atoms with Crippen LogP contribution in [0, 0.1) is 5.82 Å². The van der Waals surface area contributed by atoms with Crippen LogP contribution in [0.4, 0.5) is 10.1 Å². The van der Waals surface area contributed by atoms with Crippen LogP contribution in [0.3, 0.4) is 0 Å². The van der Waals surface area contributed by atoms with Gasteiger partial charge in [-0.3, -0.25) is 9.52 Å². The number of alkyl halides is 1. The maximum absolute atomic E-state index is 13.6. The molecule has 2 aromatic rings. The first-order valence-corrected chi connectivity index (χ1v) is 8.95. The van der Waals surface area contributed by atoms with E-state index in [-0.39, 0.29) is 28.5 Å². The van der Waals surface area contributed by atoms with Crippen molar-refractivity contribution in [3.8, 4) is 0 Å². The predicted octanol–water partition coefficient (Wildman–Crippen LogP) is 3.27. The van der Waals surface area contributed by atoms with Crippen LogP contribution >= 0.6 is 11.6 Å². The van der Waals surface area contributed by atoms with Crippen molar-refractivity contribution in [3.05, 3.63) is 59.4 Å². The lowest BCUT2D eigenvalue weighted by molar-refractivity contribution is -0.119. The van der Waals surface area contributed by atoms with Crippen LogP contribution in [0.1, 0.15) is 23.5 Å². The number of carbonyl (C=O) groups is 1. The summed E-state index contributed by atoms with van der Waals surface area (Å²) in [5, 5.41) is 0. The molecule has 0 saturated carbocycles. The minimum absolute atomic E-state index is 0.0947. The third kappa shape index (κ3) is 2.84. The molecule has 0 radical (unpaired) electrons. The van der Waals surface area contributed by atoms with Crippen LogP contribution in [0.15, 0.2) is 47.4 Å². The van der Waals surface area contributed by atoms with Crippen LogP contribution in [0.2, 0.25) is 0 Å². The second kappa shape index (κ2) is 5.94. The van der Waals surface area contributed by atoms with Crippen LogP contribution in [-0.4, -0.2) is 20.1 Å². The number of benzene rings is 2. The summed E-state index contributed by atoms with van der Waals surface area (Å²) in [4.78, 5) is 12.4. The van der Waals surface area contributed by atoms with Gasteiger partial charge in [0.2, 0.25) is 0 Å². The summed E-state index contributed by atoms with van der Waals surface area (Å²) in [6.45, 7) is 0. The number of fused-ring (bicyclic) bond motifs is 2. The summed E-state index contributed by atoms with van der Waals surface area (Å²) >= 11 is 5.68. The van der Waals surface area contributed by atoms with Gasteiger partial charge in [0.25, 0.3) is 10.0 Å². The zero-order chi connectivity index (χ0) is 16.6. The van der Waals surface area contributed by atoms with Crippen molar-refractivity contribution < 1.29 is 17.6 Å². The molecule has 1 unspecified atom stereocenters. The molecule has 0 aromatic heterocycles. The summed E-state index contributed by atoms with van der Waals surface area (Å²) in [7, 11) is -3.97. The second-order valence-corrected chi connectivity index (χ2v) is 7.24. The van der Waals surface area contributed by atoms with Crippen molar-refractivity contribution in [2.45, 2.75) is 17.2 Å². The highest BCUT2D eigenvalue weighted by molar-refractivity contribution is 7.92. The lowest BCUT2D eigenvalue weighted by Crippen LogP contribution is -2.16. The Hall–Kier alpha value is -1.92. The van der Waals surface area contributed by atoms with E-state index in [1.54, 1.807) is 24.3 Å². The minimum Gasteiger partial charge on any atom is -0.299 e. The van der Waals surface area contributed by atoms with Crippen molar-refractivity contribution >= 4 is 33.1 Å².